The van der Waals surface area contributed by atoms with E-state index in [0.29, 0.717) is 11.5 Å². The first-order valence-corrected chi connectivity index (χ1v) is 10.1. The van der Waals surface area contributed by atoms with E-state index in [9.17, 15) is 19.2 Å². The highest BCUT2D eigenvalue weighted by Gasteiger charge is 2.30. The van der Waals surface area contributed by atoms with Crippen LogP contribution in [0.15, 0.2) is 60.7 Å². The van der Waals surface area contributed by atoms with Gasteiger partial charge in [0.15, 0.2) is 11.5 Å². The highest BCUT2D eigenvalue weighted by Crippen LogP contribution is 2.32. The molecular weight excluding hydrogens is 440 g/mol. The van der Waals surface area contributed by atoms with Crippen molar-refractivity contribution in [3.8, 4) is 23.0 Å². The molecule has 0 fully saturated rings. The maximum Gasteiger partial charge on any atom is 0.234 e. The van der Waals surface area contributed by atoms with Gasteiger partial charge in [0.1, 0.15) is 11.5 Å². The van der Waals surface area contributed by atoms with Crippen molar-refractivity contribution in [3.05, 3.63) is 82.9 Å². The van der Waals surface area contributed by atoms with Crippen LogP contribution in [0.5, 0.6) is 23.0 Å². The lowest BCUT2D eigenvalue weighted by Crippen LogP contribution is -2.22. The first-order valence-electron chi connectivity index (χ1n) is 10.1. The number of methoxy groups -OCH3 is 4. The van der Waals surface area contributed by atoms with Gasteiger partial charge in [-0.25, -0.2) is 0 Å². The molecular formula is C26H22O8. The molecule has 8 nitrogen and oxygen atoms in total. The Morgan fingerprint density at radius 2 is 0.794 bits per heavy atom. The summed E-state index contributed by atoms with van der Waals surface area (Å²) in [5, 5.41) is 0. The predicted octanol–water partition coefficient (Wildman–Crippen LogP) is 3.85. The maximum atomic E-state index is 13.2. The summed E-state index contributed by atoms with van der Waals surface area (Å²) >= 11 is 0. The van der Waals surface area contributed by atoms with Crippen molar-refractivity contribution in [2.75, 3.05) is 28.4 Å². The summed E-state index contributed by atoms with van der Waals surface area (Å²) in [6.45, 7) is 0. The van der Waals surface area contributed by atoms with E-state index in [1.54, 1.807) is 0 Å². The van der Waals surface area contributed by atoms with Crippen molar-refractivity contribution < 1.29 is 38.1 Å². The standard InChI is InChI=1S/C26H22O8/c1-31-17-9-5-15(6-10-17)23(27)25(29)19-13-21(33-3)22(34-4)14-20(19)26(30)24(28)16-7-11-18(32-2)12-8-16/h5-14H,1-4H3. The van der Waals surface area contributed by atoms with Gasteiger partial charge < -0.3 is 18.9 Å². The zero-order valence-electron chi connectivity index (χ0n) is 19.0. The first kappa shape index (κ1) is 24.2. The highest BCUT2D eigenvalue weighted by atomic mass is 16.5. The molecule has 0 N–H and O–H groups in total. The van der Waals surface area contributed by atoms with Crippen LogP contribution in [0.3, 0.4) is 0 Å². The fourth-order valence-corrected chi connectivity index (χ4v) is 3.25. The van der Waals surface area contributed by atoms with Crippen LogP contribution < -0.4 is 18.9 Å². The van der Waals surface area contributed by atoms with E-state index in [0.717, 1.165) is 0 Å². The summed E-state index contributed by atoms with van der Waals surface area (Å²) in [5.74, 6) is -2.40. The minimum Gasteiger partial charge on any atom is -0.497 e. The summed E-state index contributed by atoms with van der Waals surface area (Å²) in [6, 6.07) is 14.3. The van der Waals surface area contributed by atoms with Crippen molar-refractivity contribution >= 4 is 23.1 Å². The molecule has 3 aromatic carbocycles. The minimum atomic E-state index is -0.975. The van der Waals surface area contributed by atoms with E-state index in [1.165, 1.54) is 89.1 Å². The van der Waals surface area contributed by atoms with Crippen LogP contribution >= 0.6 is 0 Å². The Balaban J connectivity index is 2.06. The summed E-state index contributed by atoms with van der Waals surface area (Å²) < 4.78 is 20.6. The number of Topliss-reactive ketones (excluding diaryl/α,β-unsaturated/α-hetero) is 4. The first-order chi connectivity index (χ1) is 16.3. The van der Waals surface area contributed by atoms with Crippen molar-refractivity contribution in [1.29, 1.82) is 0 Å². The third-order valence-electron chi connectivity index (χ3n) is 5.13. The smallest absolute Gasteiger partial charge is 0.234 e. The lowest BCUT2D eigenvalue weighted by molar-refractivity contribution is 0.0800. The summed E-state index contributed by atoms with van der Waals surface area (Å²) in [4.78, 5) is 52.2. The van der Waals surface area contributed by atoms with E-state index in [4.69, 9.17) is 18.9 Å². The van der Waals surface area contributed by atoms with Gasteiger partial charge in [-0.05, 0) is 60.7 Å². The van der Waals surface area contributed by atoms with Gasteiger partial charge in [-0.3, -0.25) is 19.2 Å². The molecule has 0 amide bonds. The molecule has 0 saturated carbocycles. The second-order valence-corrected chi connectivity index (χ2v) is 7.03. The zero-order chi connectivity index (χ0) is 24.8. The van der Waals surface area contributed by atoms with E-state index >= 15 is 0 Å². The Morgan fingerprint density at radius 1 is 0.471 bits per heavy atom. The summed E-state index contributed by atoms with van der Waals surface area (Å²) in [6.07, 6.45) is 0. The number of hydrogen-bond acceptors (Lipinski definition) is 8. The number of ketones is 4. The molecule has 0 bridgehead atoms. The molecule has 0 heterocycles. The molecule has 3 rings (SSSR count). The number of hydrogen-bond donors (Lipinski definition) is 0. The van der Waals surface area contributed by atoms with Crippen LogP contribution in [0, 0.1) is 0 Å². The van der Waals surface area contributed by atoms with Gasteiger partial charge in [-0.15, -0.1) is 0 Å². The molecule has 0 spiro atoms. The molecule has 3 aromatic rings. The van der Waals surface area contributed by atoms with Crippen LogP contribution in [0.1, 0.15) is 41.4 Å². The third kappa shape index (κ3) is 4.80. The Labute approximate surface area is 196 Å². The van der Waals surface area contributed by atoms with E-state index in [-0.39, 0.29) is 33.8 Å². The fourth-order valence-electron chi connectivity index (χ4n) is 3.25. The fraction of sp³-hybridized carbons (Fsp3) is 0.154. The molecule has 0 aromatic heterocycles. The second kappa shape index (κ2) is 10.4. The third-order valence-corrected chi connectivity index (χ3v) is 5.13. The molecule has 0 aliphatic heterocycles. The SMILES string of the molecule is COc1ccc(C(=O)C(=O)c2cc(OC)c(OC)cc2C(=O)C(=O)c2ccc(OC)cc2)cc1. The number of ether oxygens (including phenoxy) is 4. The van der Waals surface area contributed by atoms with Gasteiger partial charge in [0, 0.05) is 22.3 Å². The quantitative estimate of drug-likeness (QED) is 0.330. The average Bonchev–Trinajstić information content (AvgIpc) is 2.90. The van der Waals surface area contributed by atoms with Crippen LogP contribution in [0.4, 0.5) is 0 Å². The molecule has 0 saturated heterocycles. The van der Waals surface area contributed by atoms with Crippen LogP contribution in [0.2, 0.25) is 0 Å². The van der Waals surface area contributed by atoms with Crippen molar-refractivity contribution in [1.82, 2.24) is 0 Å². The van der Waals surface area contributed by atoms with Gasteiger partial charge in [0.2, 0.25) is 23.1 Å². The molecule has 174 valence electrons. The van der Waals surface area contributed by atoms with Crippen LogP contribution in [-0.2, 0) is 0 Å². The summed E-state index contributed by atoms with van der Waals surface area (Å²) in [7, 11) is 5.65. The molecule has 0 unspecified atom stereocenters. The molecule has 0 aliphatic rings. The maximum absolute atomic E-state index is 13.2. The number of rotatable bonds is 10. The van der Waals surface area contributed by atoms with Gasteiger partial charge in [0.25, 0.3) is 0 Å². The Hall–Kier alpha value is -4.46. The summed E-state index contributed by atoms with van der Waals surface area (Å²) in [5.41, 5.74) is -0.350. The van der Waals surface area contributed by atoms with Gasteiger partial charge in [-0.1, -0.05) is 0 Å². The van der Waals surface area contributed by atoms with Crippen molar-refractivity contribution in [3.63, 3.8) is 0 Å². The highest BCUT2D eigenvalue weighted by molar-refractivity contribution is 6.54. The minimum absolute atomic E-state index is 0.0977. The number of benzene rings is 3. The number of carbonyl (C=O) groups is 4. The molecule has 34 heavy (non-hydrogen) atoms. The zero-order valence-corrected chi connectivity index (χ0v) is 19.0. The molecule has 0 aliphatic carbocycles. The molecule has 0 radical (unpaired) electrons. The lowest BCUT2D eigenvalue weighted by Gasteiger charge is -2.13. The van der Waals surface area contributed by atoms with Crippen LogP contribution in [-0.4, -0.2) is 51.6 Å². The van der Waals surface area contributed by atoms with Gasteiger partial charge in [0.05, 0.1) is 28.4 Å². The Kier molecular flexibility index (Phi) is 7.43. The van der Waals surface area contributed by atoms with E-state index in [1.807, 2.05) is 0 Å². The topological polar surface area (TPSA) is 105 Å². The van der Waals surface area contributed by atoms with E-state index < -0.39 is 23.1 Å². The average molecular weight is 462 g/mol. The molecule has 0 atom stereocenters. The van der Waals surface area contributed by atoms with Gasteiger partial charge >= 0.3 is 0 Å². The monoisotopic (exact) mass is 462 g/mol. The number of carbonyl (C=O) groups excluding carboxylic acids is 4. The van der Waals surface area contributed by atoms with E-state index in [2.05, 4.69) is 0 Å². The normalized spacial score (nSPS) is 10.2. The van der Waals surface area contributed by atoms with Crippen molar-refractivity contribution in [2.24, 2.45) is 0 Å². The predicted molar refractivity (Wildman–Crippen MR) is 123 cm³/mol. The van der Waals surface area contributed by atoms with Crippen LogP contribution in [0.25, 0.3) is 0 Å². The van der Waals surface area contributed by atoms with Gasteiger partial charge in [-0.2, -0.15) is 0 Å². The van der Waals surface area contributed by atoms with Crippen molar-refractivity contribution in [2.45, 2.75) is 0 Å². The lowest BCUT2D eigenvalue weighted by atomic mass is 9.92. The largest absolute Gasteiger partial charge is 0.497 e. The Bertz CT molecular complexity index is 1140. The molecule has 8 heteroatoms. The Morgan fingerprint density at radius 3 is 1.06 bits per heavy atom. The second-order valence-electron chi connectivity index (χ2n) is 7.03.